The van der Waals surface area contributed by atoms with Gasteiger partial charge in [-0.2, -0.15) is 0 Å². The van der Waals surface area contributed by atoms with E-state index in [2.05, 4.69) is 140 Å². The van der Waals surface area contributed by atoms with Gasteiger partial charge in [-0.3, -0.25) is 0 Å². The summed E-state index contributed by atoms with van der Waals surface area (Å²) in [6, 6.07) is 23.4. The fraction of sp³-hybridized carbons (Fsp3) is 0.450. The molecule has 0 aliphatic heterocycles. The fourth-order valence-electron chi connectivity index (χ4n) is 8.40. The Morgan fingerprint density at radius 2 is 1.40 bits per heavy atom. The van der Waals surface area contributed by atoms with Crippen LogP contribution in [0.15, 0.2) is 71.8 Å². The van der Waals surface area contributed by atoms with Crippen molar-refractivity contribution >= 4 is 48.4 Å². The standard InChI is InChI=1S/C20H23Si.C18H25.C2H7Si.2ClH.Zr/c1-5-15-13-17-7-6-8-19(20(17)14-15)16-9-11-18(12-10-16)21(2,3)4;1-5-8-14(4)16-11-15-9-7-10-17(13(3)6-2)18(15)12-16;1-3-2;;;/h6-14H,5H2,1-4H3;7,9-14H,5-6,8H2,1-4H3;3H,1-2H3;2*1H;/q;;;;;+2/p-2. The first-order valence-electron chi connectivity index (χ1n) is 17.5. The quantitative estimate of drug-likeness (QED) is 0.171. The van der Waals surface area contributed by atoms with Crippen LogP contribution in [-0.2, 0) is 15.6 Å². The van der Waals surface area contributed by atoms with E-state index in [9.17, 15) is 0 Å². The van der Waals surface area contributed by atoms with Gasteiger partial charge in [0.1, 0.15) is 0 Å². The summed E-state index contributed by atoms with van der Waals surface area (Å²) < 4.78 is 0.302. The van der Waals surface area contributed by atoms with E-state index in [4.69, 9.17) is 17.0 Å². The summed E-state index contributed by atoms with van der Waals surface area (Å²) in [7, 11) is 16.0. The first-order chi connectivity index (χ1) is 21.2. The molecule has 2 aliphatic carbocycles. The molecule has 0 aromatic heterocycles. The van der Waals surface area contributed by atoms with E-state index < -0.39 is 29.6 Å². The van der Waals surface area contributed by atoms with Crippen molar-refractivity contribution in [1.82, 2.24) is 0 Å². The second kappa shape index (κ2) is 13.2. The Labute approximate surface area is 284 Å². The molecule has 5 rings (SSSR count). The topological polar surface area (TPSA) is 0 Å². The summed E-state index contributed by atoms with van der Waals surface area (Å²) >= 11 is -4.78. The number of fused-ring (bicyclic) bond motifs is 2. The van der Waals surface area contributed by atoms with Crippen LogP contribution in [0.5, 0.6) is 0 Å². The van der Waals surface area contributed by atoms with Crippen molar-refractivity contribution in [3.8, 4) is 11.1 Å². The molecule has 45 heavy (non-hydrogen) atoms. The van der Waals surface area contributed by atoms with E-state index >= 15 is 0 Å². The maximum absolute atomic E-state index is 8.70. The van der Waals surface area contributed by atoms with Crippen molar-refractivity contribution in [2.45, 2.75) is 106 Å². The van der Waals surface area contributed by atoms with Gasteiger partial charge in [-0.15, -0.1) is 0 Å². The zero-order chi connectivity index (χ0) is 32.9. The first-order valence-corrected chi connectivity index (χ1v) is 37.4. The van der Waals surface area contributed by atoms with Crippen LogP contribution in [0.2, 0.25) is 32.7 Å². The third-order valence-corrected chi connectivity index (χ3v) is 65.2. The van der Waals surface area contributed by atoms with Crippen LogP contribution in [-0.4, -0.2) is 14.0 Å². The summed E-state index contributed by atoms with van der Waals surface area (Å²) in [4.78, 5) is 0. The van der Waals surface area contributed by atoms with E-state index in [1.807, 2.05) is 0 Å². The second-order valence-corrected chi connectivity index (χ2v) is 63.0. The van der Waals surface area contributed by atoms with Crippen molar-refractivity contribution in [3.63, 3.8) is 0 Å². The van der Waals surface area contributed by atoms with Crippen molar-refractivity contribution in [1.29, 1.82) is 0 Å². The van der Waals surface area contributed by atoms with E-state index in [-0.39, 0.29) is 7.25 Å². The fourth-order valence-corrected chi connectivity index (χ4v) is 41.1. The van der Waals surface area contributed by atoms with E-state index in [1.165, 1.54) is 68.1 Å². The molecule has 4 unspecified atom stereocenters. The van der Waals surface area contributed by atoms with Crippen LogP contribution in [0.4, 0.5) is 0 Å². The Kier molecular flexibility index (Phi) is 10.3. The average Bonchev–Trinajstić information content (AvgIpc) is 3.61. The van der Waals surface area contributed by atoms with Crippen LogP contribution in [0, 0.1) is 5.92 Å². The van der Waals surface area contributed by atoms with Gasteiger partial charge >= 0.3 is 287 Å². The molecule has 0 saturated heterocycles. The molecule has 0 amide bonds. The summed E-state index contributed by atoms with van der Waals surface area (Å²) in [5, 5.41) is 1.50. The average molecular weight is 754 g/mol. The molecule has 4 atom stereocenters. The molecule has 0 saturated carbocycles. The van der Waals surface area contributed by atoms with Gasteiger partial charge in [-0.1, -0.05) is 0 Å². The summed E-state index contributed by atoms with van der Waals surface area (Å²) in [6.07, 6.45) is 9.52. The normalized spacial score (nSPS) is 20.2. The minimum absolute atomic E-state index is 0.142. The van der Waals surface area contributed by atoms with Crippen molar-refractivity contribution in [3.05, 3.63) is 99.6 Å². The molecule has 5 heteroatoms. The molecule has 2 aliphatic rings. The first kappa shape index (κ1) is 35.3. The number of hydrogen-bond acceptors (Lipinski definition) is 0. The maximum atomic E-state index is 8.70. The van der Waals surface area contributed by atoms with Gasteiger partial charge in [-0.05, 0) is 0 Å². The van der Waals surface area contributed by atoms with Crippen molar-refractivity contribution in [2.24, 2.45) is 5.92 Å². The number of rotatable bonds is 11. The molecule has 0 radical (unpaired) electrons. The molecule has 0 bridgehead atoms. The van der Waals surface area contributed by atoms with Gasteiger partial charge in [0.15, 0.2) is 0 Å². The molecule has 241 valence electrons. The van der Waals surface area contributed by atoms with Crippen molar-refractivity contribution < 1.29 is 15.6 Å². The molecular weight excluding hydrogens is 699 g/mol. The van der Waals surface area contributed by atoms with Gasteiger partial charge in [0.05, 0.1) is 0 Å². The van der Waals surface area contributed by atoms with Crippen molar-refractivity contribution in [2.75, 3.05) is 0 Å². The van der Waals surface area contributed by atoms with Crippen LogP contribution < -0.4 is 5.19 Å². The van der Waals surface area contributed by atoms with Crippen LogP contribution in [0.1, 0.15) is 101 Å². The van der Waals surface area contributed by atoms with E-state index in [0.29, 0.717) is 11.8 Å². The van der Waals surface area contributed by atoms with Gasteiger partial charge in [-0.25, -0.2) is 0 Å². The van der Waals surface area contributed by atoms with Crippen LogP contribution in [0.3, 0.4) is 0 Å². The van der Waals surface area contributed by atoms with Gasteiger partial charge in [0.25, 0.3) is 0 Å². The van der Waals surface area contributed by atoms with Crippen LogP contribution in [0.25, 0.3) is 23.3 Å². The number of benzene rings is 3. The van der Waals surface area contributed by atoms with Crippen LogP contribution >= 0.6 is 17.0 Å². The monoisotopic (exact) mass is 751 g/mol. The van der Waals surface area contributed by atoms with Gasteiger partial charge in [0.2, 0.25) is 0 Å². The second-order valence-electron chi connectivity index (χ2n) is 15.4. The summed E-state index contributed by atoms with van der Waals surface area (Å²) in [5.74, 6) is -0.624. The van der Waals surface area contributed by atoms with Gasteiger partial charge < -0.3 is 0 Å². The third-order valence-electron chi connectivity index (χ3n) is 11.4. The summed E-state index contributed by atoms with van der Waals surface area (Å²) in [5.41, 5.74) is 12.7. The molecule has 3 aromatic carbocycles. The molecular formula is C40H55Cl2Si2Zr. The zero-order valence-electron chi connectivity index (χ0n) is 29.4. The molecule has 3 aromatic rings. The number of hydrogen-bond donors (Lipinski definition) is 0. The molecule has 0 fully saturated rings. The van der Waals surface area contributed by atoms with E-state index in [1.54, 1.807) is 0 Å². The Morgan fingerprint density at radius 1 is 0.778 bits per heavy atom. The Bertz CT molecular complexity index is 1630. The zero-order valence-corrected chi connectivity index (χ0v) is 35.5. The predicted octanol–water partition coefficient (Wildman–Crippen LogP) is 12.8. The Balaban J connectivity index is 1.75. The van der Waals surface area contributed by atoms with Gasteiger partial charge in [0, 0.05) is 0 Å². The molecule has 0 nitrogen and oxygen atoms in total. The van der Waals surface area contributed by atoms with E-state index in [0.717, 1.165) is 12.8 Å². The molecule has 0 N–H and O–H groups in total. The number of allylic oxidation sites excluding steroid dienone is 2. The third kappa shape index (κ3) is 5.99. The SMILES string of the molecule is CCCC(C)C1=Cc2c(C(C)CC)cccc2[CH]1[Zr]([Cl])([Cl])([CH]1C(CC)=Cc2c(-c3ccc([Si](C)(C)C)cc3)cccc21)[SiH](C)C. The Morgan fingerprint density at radius 3 is 1.96 bits per heavy atom. The minimum atomic E-state index is -4.78. The Hall–Kier alpha value is -0.963. The predicted molar refractivity (Wildman–Crippen MR) is 206 cm³/mol. The summed E-state index contributed by atoms with van der Waals surface area (Å²) in [6.45, 7) is 24.0. The number of halogens is 2. The molecule has 0 heterocycles. The molecule has 0 spiro atoms.